The molecule has 2 aromatic rings. The molecule has 1 heterocycles. The van der Waals surface area contributed by atoms with Gasteiger partial charge in [0.25, 0.3) is 11.6 Å². The molecule has 0 spiro atoms. The Bertz CT molecular complexity index is 725. The molecule has 0 saturated carbocycles. The smallest absolute Gasteiger partial charge is 0.273 e. The first kappa shape index (κ1) is 16.6. The maximum Gasteiger partial charge on any atom is 0.273 e. The Labute approximate surface area is 132 Å². The molecule has 122 valence electrons. The molecule has 1 atom stereocenters. The van der Waals surface area contributed by atoms with Gasteiger partial charge in [0.05, 0.1) is 16.3 Å². The van der Waals surface area contributed by atoms with Gasteiger partial charge in [0.2, 0.25) is 0 Å². The first-order chi connectivity index (χ1) is 10.9. The number of aromatic nitrogens is 3. The molecule has 9 nitrogen and oxygen atoms in total. The predicted molar refractivity (Wildman–Crippen MR) is 83.4 cm³/mol. The standard InChI is InChI=1S/C14H18N6O3/c1-9(15)6-7-16-14(21)13-10(2)19(18-17-13)11-4-3-5-12(8-11)20(22)23/h3-5,8-9H,6-7,15H2,1-2H3,(H,16,21). The van der Waals surface area contributed by atoms with Gasteiger partial charge in [-0.1, -0.05) is 11.3 Å². The van der Waals surface area contributed by atoms with Gasteiger partial charge in [-0.3, -0.25) is 14.9 Å². The van der Waals surface area contributed by atoms with Crippen LogP contribution in [0.1, 0.15) is 29.5 Å². The molecule has 1 aromatic carbocycles. The molecule has 1 aromatic heterocycles. The van der Waals surface area contributed by atoms with Gasteiger partial charge in [0.15, 0.2) is 5.69 Å². The monoisotopic (exact) mass is 318 g/mol. The minimum absolute atomic E-state index is 0.00283. The quantitative estimate of drug-likeness (QED) is 0.602. The number of non-ortho nitro benzene ring substituents is 1. The molecule has 0 aliphatic heterocycles. The van der Waals surface area contributed by atoms with E-state index in [1.807, 2.05) is 6.92 Å². The molecule has 2 rings (SSSR count). The van der Waals surface area contributed by atoms with E-state index in [2.05, 4.69) is 15.6 Å². The number of nitrogens with two attached hydrogens (primary N) is 1. The summed E-state index contributed by atoms with van der Waals surface area (Å²) in [6, 6.07) is 5.97. The molecule has 1 unspecified atom stereocenters. The van der Waals surface area contributed by atoms with Gasteiger partial charge < -0.3 is 11.1 Å². The Balaban J connectivity index is 2.20. The fourth-order valence-corrected chi connectivity index (χ4v) is 2.02. The summed E-state index contributed by atoms with van der Waals surface area (Å²) in [6.07, 6.45) is 0.657. The second-order valence-corrected chi connectivity index (χ2v) is 5.23. The summed E-state index contributed by atoms with van der Waals surface area (Å²) < 4.78 is 1.40. The first-order valence-electron chi connectivity index (χ1n) is 7.11. The van der Waals surface area contributed by atoms with E-state index in [9.17, 15) is 14.9 Å². The fraction of sp³-hybridized carbons (Fsp3) is 0.357. The summed E-state index contributed by atoms with van der Waals surface area (Å²) in [5, 5.41) is 21.3. The molecular weight excluding hydrogens is 300 g/mol. The van der Waals surface area contributed by atoms with Gasteiger partial charge >= 0.3 is 0 Å². The van der Waals surface area contributed by atoms with E-state index >= 15 is 0 Å². The number of nitro benzene ring substituents is 1. The Morgan fingerprint density at radius 1 is 1.52 bits per heavy atom. The zero-order valence-corrected chi connectivity index (χ0v) is 12.9. The van der Waals surface area contributed by atoms with Crippen LogP contribution in [0.4, 0.5) is 5.69 Å². The second kappa shape index (κ2) is 6.97. The molecule has 0 saturated heterocycles. The normalized spacial score (nSPS) is 12.0. The van der Waals surface area contributed by atoms with Crippen molar-refractivity contribution in [2.45, 2.75) is 26.3 Å². The van der Waals surface area contributed by atoms with Crippen LogP contribution < -0.4 is 11.1 Å². The van der Waals surface area contributed by atoms with Crippen LogP contribution in [0, 0.1) is 17.0 Å². The van der Waals surface area contributed by atoms with Crippen LogP contribution in [-0.4, -0.2) is 38.4 Å². The van der Waals surface area contributed by atoms with Crippen LogP contribution in [0.5, 0.6) is 0 Å². The van der Waals surface area contributed by atoms with Crippen LogP contribution in [-0.2, 0) is 0 Å². The van der Waals surface area contributed by atoms with Crippen molar-refractivity contribution < 1.29 is 9.72 Å². The lowest BCUT2D eigenvalue weighted by molar-refractivity contribution is -0.384. The van der Waals surface area contributed by atoms with Crippen LogP contribution in [0.25, 0.3) is 5.69 Å². The third-order valence-corrected chi connectivity index (χ3v) is 3.28. The number of nitrogens with one attached hydrogen (secondary N) is 1. The number of carbonyl (C=O) groups is 1. The molecule has 0 bridgehead atoms. The molecule has 9 heteroatoms. The number of amides is 1. The van der Waals surface area contributed by atoms with Crippen molar-refractivity contribution >= 4 is 11.6 Å². The van der Waals surface area contributed by atoms with Crippen LogP contribution >= 0.6 is 0 Å². The number of hydrogen-bond acceptors (Lipinski definition) is 6. The van der Waals surface area contributed by atoms with Crippen molar-refractivity contribution in [1.29, 1.82) is 0 Å². The number of nitro groups is 1. The van der Waals surface area contributed by atoms with Gasteiger partial charge in [0, 0.05) is 24.7 Å². The molecule has 0 radical (unpaired) electrons. The first-order valence-corrected chi connectivity index (χ1v) is 7.11. The molecule has 0 aliphatic rings. The highest BCUT2D eigenvalue weighted by Gasteiger charge is 2.18. The van der Waals surface area contributed by atoms with Crippen molar-refractivity contribution in [1.82, 2.24) is 20.3 Å². The van der Waals surface area contributed by atoms with Gasteiger partial charge in [-0.05, 0) is 26.3 Å². The minimum Gasteiger partial charge on any atom is -0.351 e. The van der Waals surface area contributed by atoms with Crippen molar-refractivity contribution in [3.05, 3.63) is 45.8 Å². The highest BCUT2D eigenvalue weighted by Crippen LogP contribution is 2.18. The maximum absolute atomic E-state index is 12.1. The Morgan fingerprint density at radius 3 is 2.91 bits per heavy atom. The van der Waals surface area contributed by atoms with E-state index in [0.717, 1.165) is 0 Å². The lowest BCUT2D eigenvalue weighted by atomic mass is 10.2. The van der Waals surface area contributed by atoms with Crippen LogP contribution in [0.15, 0.2) is 24.3 Å². The van der Waals surface area contributed by atoms with Crippen molar-refractivity contribution in [2.24, 2.45) is 5.73 Å². The van der Waals surface area contributed by atoms with E-state index in [-0.39, 0.29) is 23.3 Å². The lowest BCUT2D eigenvalue weighted by Gasteiger charge is -2.06. The van der Waals surface area contributed by atoms with Crippen molar-refractivity contribution in [2.75, 3.05) is 6.54 Å². The number of rotatable bonds is 6. The summed E-state index contributed by atoms with van der Waals surface area (Å²) in [7, 11) is 0. The zero-order chi connectivity index (χ0) is 17.0. The average Bonchev–Trinajstić information content (AvgIpc) is 2.88. The highest BCUT2D eigenvalue weighted by molar-refractivity contribution is 5.93. The van der Waals surface area contributed by atoms with E-state index in [0.29, 0.717) is 24.3 Å². The summed E-state index contributed by atoms with van der Waals surface area (Å²) in [4.78, 5) is 22.4. The maximum atomic E-state index is 12.1. The molecule has 0 fully saturated rings. The van der Waals surface area contributed by atoms with E-state index in [1.165, 1.54) is 16.8 Å². The number of nitrogens with zero attached hydrogens (tertiary/aromatic N) is 4. The number of hydrogen-bond donors (Lipinski definition) is 2. The van der Waals surface area contributed by atoms with E-state index in [4.69, 9.17) is 5.73 Å². The third kappa shape index (κ3) is 3.89. The highest BCUT2D eigenvalue weighted by atomic mass is 16.6. The summed E-state index contributed by atoms with van der Waals surface area (Å²) in [5.41, 5.74) is 6.73. The van der Waals surface area contributed by atoms with Gasteiger partial charge in [-0.2, -0.15) is 0 Å². The van der Waals surface area contributed by atoms with Crippen LogP contribution in [0.2, 0.25) is 0 Å². The SMILES string of the molecule is Cc1c(C(=O)NCCC(C)N)nnn1-c1cccc([N+](=O)[O-])c1. The molecule has 3 N–H and O–H groups in total. The average molecular weight is 318 g/mol. The van der Waals surface area contributed by atoms with Crippen molar-refractivity contribution in [3.63, 3.8) is 0 Å². The van der Waals surface area contributed by atoms with Gasteiger partial charge in [-0.15, -0.1) is 5.10 Å². The fourth-order valence-electron chi connectivity index (χ4n) is 2.02. The third-order valence-electron chi connectivity index (χ3n) is 3.28. The van der Waals surface area contributed by atoms with E-state index < -0.39 is 4.92 Å². The topological polar surface area (TPSA) is 129 Å². The minimum atomic E-state index is -0.489. The molecular formula is C14H18N6O3. The second-order valence-electron chi connectivity index (χ2n) is 5.23. The Kier molecular flexibility index (Phi) is 5.02. The molecule has 23 heavy (non-hydrogen) atoms. The van der Waals surface area contributed by atoms with Gasteiger partial charge in [-0.25, -0.2) is 4.68 Å². The summed E-state index contributed by atoms with van der Waals surface area (Å²) in [5.74, 6) is -0.347. The largest absolute Gasteiger partial charge is 0.351 e. The summed E-state index contributed by atoms with van der Waals surface area (Å²) in [6.45, 7) is 3.98. The number of carbonyl (C=O) groups excluding carboxylic acids is 1. The predicted octanol–water partition coefficient (Wildman–Crippen LogP) is 0.951. The Hall–Kier alpha value is -2.81. The zero-order valence-electron chi connectivity index (χ0n) is 12.9. The summed E-state index contributed by atoms with van der Waals surface area (Å²) >= 11 is 0. The lowest BCUT2D eigenvalue weighted by Crippen LogP contribution is -2.29. The number of benzene rings is 1. The van der Waals surface area contributed by atoms with Gasteiger partial charge in [0.1, 0.15) is 0 Å². The van der Waals surface area contributed by atoms with E-state index in [1.54, 1.807) is 19.1 Å². The molecule has 1 amide bonds. The Morgan fingerprint density at radius 2 is 2.26 bits per heavy atom. The van der Waals surface area contributed by atoms with Crippen LogP contribution in [0.3, 0.4) is 0 Å². The molecule has 0 aliphatic carbocycles. The van der Waals surface area contributed by atoms with Crippen molar-refractivity contribution in [3.8, 4) is 5.69 Å².